The van der Waals surface area contributed by atoms with Crippen LogP contribution in [-0.4, -0.2) is 65.8 Å². The molecule has 0 aliphatic carbocycles. The number of likely N-dealkylation sites (tertiary alicyclic amines) is 1. The lowest BCUT2D eigenvalue weighted by atomic mass is 10.2. The minimum Gasteiger partial charge on any atom is -0.334 e. The van der Waals surface area contributed by atoms with Crippen molar-refractivity contribution in [2.45, 2.75) is 45.1 Å². The van der Waals surface area contributed by atoms with E-state index in [-0.39, 0.29) is 18.1 Å². The Morgan fingerprint density at radius 1 is 1.70 bits per heavy atom. The second kappa shape index (κ2) is 8.03. The van der Waals surface area contributed by atoms with Crippen LogP contribution < -0.4 is 11.1 Å². The third-order valence-electron chi connectivity index (χ3n) is 4.06. The quantitative estimate of drug-likeness (QED) is 0.818. The molecule has 0 aromatic carbocycles. The number of nitrogens with zero attached hydrogens (tertiary/aromatic N) is 3. The van der Waals surface area contributed by atoms with Crippen molar-refractivity contribution in [3.8, 4) is 0 Å². The number of thiazole rings is 1. The summed E-state index contributed by atoms with van der Waals surface area (Å²) in [5.41, 5.74) is 6.48. The first-order valence-electron chi connectivity index (χ1n) is 7.89. The zero-order chi connectivity index (χ0) is 17.0. The Labute approximate surface area is 140 Å². The number of hydrogen-bond acceptors (Lipinski definition) is 5. The van der Waals surface area contributed by atoms with Crippen molar-refractivity contribution >= 4 is 17.4 Å². The molecule has 2 heterocycles. The molecule has 1 aromatic heterocycles. The molecule has 1 saturated heterocycles. The molecule has 1 fully saturated rings. The van der Waals surface area contributed by atoms with E-state index < -0.39 is 6.17 Å². The molecule has 8 heteroatoms. The Hall–Kier alpha value is -1.25. The van der Waals surface area contributed by atoms with E-state index in [0.717, 1.165) is 10.7 Å². The highest BCUT2D eigenvalue weighted by atomic mass is 32.1. The van der Waals surface area contributed by atoms with E-state index in [0.29, 0.717) is 32.6 Å². The number of halogens is 1. The van der Waals surface area contributed by atoms with Crippen LogP contribution in [0.15, 0.2) is 5.38 Å². The third kappa shape index (κ3) is 5.12. The summed E-state index contributed by atoms with van der Waals surface area (Å²) in [5.74, 6) is 0. The highest BCUT2D eigenvalue weighted by Crippen LogP contribution is 2.24. The molecule has 0 saturated carbocycles. The summed E-state index contributed by atoms with van der Waals surface area (Å²) >= 11 is 1.60. The van der Waals surface area contributed by atoms with Gasteiger partial charge in [0.1, 0.15) is 6.17 Å². The number of alkyl halides is 1. The van der Waals surface area contributed by atoms with Gasteiger partial charge in [-0.3, -0.25) is 4.90 Å². The lowest BCUT2D eigenvalue weighted by Gasteiger charge is -2.28. The van der Waals surface area contributed by atoms with E-state index in [2.05, 4.69) is 15.2 Å². The number of hydrogen-bond donors (Lipinski definition) is 2. The monoisotopic (exact) mass is 343 g/mol. The first kappa shape index (κ1) is 18.1. The molecule has 130 valence electrons. The van der Waals surface area contributed by atoms with Crippen LogP contribution in [0.5, 0.6) is 0 Å². The van der Waals surface area contributed by atoms with Gasteiger partial charge in [-0.2, -0.15) is 0 Å². The molecule has 0 unspecified atom stereocenters. The number of carbonyl (C=O) groups is 1. The average molecular weight is 343 g/mol. The van der Waals surface area contributed by atoms with Crippen molar-refractivity contribution in [3.05, 3.63) is 16.1 Å². The van der Waals surface area contributed by atoms with Crippen LogP contribution in [0.3, 0.4) is 0 Å². The van der Waals surface area contributed by atoms with Gasteiger partial charge in [-0.05, 0) is 20.3 Å². The largest absolute Gasteiger partial charge is 0.334 e. The molecule has 1 aromatic rings. The van der Waals surface area contributed by atoms with Crippen molar-refractivity contribution < 1.29 is 9.18 Å². The highest BCUT2D eigenvalue weighted by Gasteiger charge is 2.33. The number of aromatic nitrogens is 1. The molecule has 23 heavy (non-hydrogen) atoms. The maximum atomic E-state index is 13.9. The molecule has 0 bridgehead atoms. The zero-order valence-electron chi connectivity index (χ0n) is 14.0. The summed E-state index contributed by atoms with van der Waals surface area (Å²) < 4.78 is 13.9. The average Bonchev–Trinajstić information content (AvgIpc) is 3.05. The Morgan fingerprint density at radius 3 is 3.04 bits per heavy atom. The minimum atomic E-state index is -0.848. The van der Waals surface area contributed by atoms with Gasteiger partial charge in [0.05, 0.1) is 10.7 Å². The van der Waals surface area contributed by atoms with E-state index in [1.807, 2.05) is 19.2 Å². The number of nitrogens with one attached hydrogen (secondary N) is 1. The number of amides is 2. The molecule has 0 radical (unpaired) electrons. The van der Waals surface area contributed by atoms with Crippen LogP contribution in [0.2, 0.25) is 0 Å². The van der Waals surface area contributed by atoms with Gasteiger partial charge in [-0.15, -0.1) is 11.3 Å². The summed E-state index contributed by atoms with van der Waals surface area (Å²) in [6.07, 6.45) is -0.396. The van der Waals surface area contributed by atoms with Gasteiger partial charge in [0, 0.05) is 50.7 Å². The number of nitrogens with two attached hydrogens (primary N) is 1. The molecular formula is C15H26FN5OS. The molecule has 3 N–H and O–H groups in total. The molecule has 6 nitrogen and oxygen atoms in total. The maximum Gasteiger partial charge on any atom is 0.317 e. The topological polar surface area (TPSA) is 74.5 Å². The molecular weight excluding hydrogens is 317 g/mol. The number of aryl methyl sites for hydroxylation is 1. The van der Waals surface area contributed by atoms with Crippen LogP contribution in [-0.2, 0) is 6.54 Å². The molecule has 0 spiro atoms. The van der Waals surface area contributed by atoms with Crippen LogP contribution in [0.4, 0.5) is 9.18 Å². The van der Waals surface area contributed by atoms with Gasteiger partial charge in [-0.1, -0.05) is 0 Å². The molecule has 1 aliphatic heterocycles. The molecule has 1 aliphatic rings. The maximum absolute atomic E-state index is 13.9. The minimum absolute atomic E-state index is 0.0101. The fourth-order valence-corrected chi connectivity index (χ4v) is 3.38. The summed E-state index contributed by atoms with van der Waals surface area (Å²) in [5, 5.41) is 5.85. The fourth-order valence-electron chi connectivity index (χ4n) is 2.77. The number of urea groups is 1. The van der Waals surface area contributed by atoms with E-state index in [1.165, 1.54) is 0 Å². The molecule has 2 rings (SSSR count). The Kier molecular flexibility index (Phi) is 6.32. The smallest absolute Gasteiger partial charge is 0.317 e. The van der Waals surface area contributed by atoms with Crippen LogP contribution in [0, 0.1) is 6.92 Å². The Balaban J connectivity index is 1.92. The van der Waals surface area contributed by atoms with Gasteiger partial charge in [0.25, 0.3) is 0 Å². The van der Waals surface area contributed by atoms with Gasteiger partial charge < -0.3 is 16.0 Å². The van der Waals surface area contributed by atoms with E-state index in [4.69, 9.17) is 5.73 Å². The zero-order valence-corrected chi connectivity index (χ0v) is 14.8. The van der Waals surface area contributed by atoms with Gasteiger partial charge in [-0.25, -0.2) is 14.2 Å². The van der Waals surface area contributed by atoms with Crippen molar-refractivity contribution in [2.75, 3.05) is 26.7 Å². The normalized spacial score (nSPS) is 23.0. The van der Waals surface area contributed by atoms with Crippen LogP contribution >= 0.6 is 11.3 Å². The van der Waals surface area contributed by atoms with Crippen LogP contribution in [0.1, 0.15) is 24.0 Å². The first-order chi connectivity index (χ1) is 10.9. The fraction of sp³-hybridized carbons (Fsp3) is 0.733. The Bertz CT molecular complexity index is 526. The second-order valence-corrected chi connectivity index (χ2v) is 7.30. The van der Waals surface area contributed by atoms with Crippen molar-refractivity contribution in [1.82, 2.24) is 20.1 Å². The lowest BCUT2D eigenvalue weighted by molar-refractivity contribution is 0.172. The van der Waals surface area contributed by atoms with Crippen molar-refractivity contribution in [1.29, 1.82) is 0 Å². The number of likely N-dealkylation sites (N-methyl/N-ethyl adjacent to an activating group) is 1. The Morgan fingerprint density at radius 2 is 2.43 bits per heavy atom. The lowest BCUT2D eigenvalue weighted by Crippen LogP contribution is -2.48. The highest BCUT2D eigenvalue weighted by molar-refractivity contribution is 7.09. The summed E-state index contributed by atoms with van der Waals surface area (Å²) in [7, 11) is 1.73. The SMILES string of the molecule is Cc1nc(CN2C[C@@H](F)C[C@H]2CN(C)C(=O)N[C@H](C)CN)cs1. The summed E-state index contributed by atoms with van der Waals surface area (Å²) in [4.78, 5) is 20.2. The summed E-state index contributed by atoms with van der Waals surface area (Å²) in [6.45, 7) is 5.73. The van der Waals surface area contributed by atoms with Gasteiger partial charge in [0.2, 0.25) is 0 Å². The number of rotatable bonds is 6. The van der Waals surface area contributed by atoms with Crippen LogP contribution in [0.25, 0.3) is 0 Å². The second-order valence-electron chi connectivity index (χ2n) is 6.24. The first-order valence-corrected chi connectivity index (χ1v) is 8.77. The molecule has 2 amide bonds. The standard InChI is InChI=1S/C15H26FN5OS/c1-10(5-17)18-15(22)20(3)8-14-4-12(16)6-21(14)7-13-9-23-11(2)19-13/h9-10,12,14H,4-8,17H2,1-3H3,(H,18,22)/t10-,12+,14+/m1/s1. The third-order valence-corrected chi connectivity index (χ3v) is 4.89. The molecule has 3 atom stereocenters. The van der Waals surface area contributed by atoms with Gasteiger partial charge in [0.15, 0.2) is 0 Å². The van der Waals surface area contributed by atoms with Gasteiger partial charge >= 0.3 is 6.03 Å². The van der Waals surface area contributed by atoms with E-state index >= 15 is 0 Å². The van der Waals surface area contributed by atoms with E-state index in [1.54, 1.807) is 23.3 Å². The van der Waals surface area contributed by atoms with E-state index in [9.17, 15) is 9.18 Å². The number of carbonyl (C=O) groups excluding carboxylic acids is 1. The predicted octanol–water partition coefficient (Wildman–Crippen LogP) is 1.35. The van der Waals surface area contributed by atoms with Crippen molar-refractivity contribution in [2.24, 2.45) is 5.73 Å². The summed E-state index contributed by atoms with van der Waals surface area (Å²) in [6, 6.07) is -0.234. The van der Waals surface area contributed by atoms with Crippen molar-refractivity contribution in [3.63, 3.8) is 0 Å². The predicted molar refractivity (Wildman–Crippen MR) is 90.2 cm³/mol.